The van der Waals surface area contributed by atoms with Gasteiger partial charge in [0.2, 0.25) is 0 Å². The minimum Gasteiger partial charge on any atom is -0.478 e. The molecule has 1 atom stereocenters. The van der Waals surface area contributed by atoms with Gasteiger partial charge in [-0.05, 0) is 19.1 Å². The third-order valence-electron chi connectivity index (χ3n) is 2.90. The van der Waals surface area contributed by atoms with Gasteiger partial charge in [-0.3, -0.25) is 0 Å². The van der Waals surface area contributed by atoms with Crippen LogP contribution in [0.5, 0.6) is 0 Å². The van der Waals surface area contributed by atoms with Crippen molar-refractivity contribution in [3.05, 3.63) is 29.8 Å². The summed E-state index contributed by atoms with van der Waals surface area (Å²) in [6.07, 6.45) is 0.445. The van der Waals surface area contributed by atoms with Crippen molar-refractivity contribution in [1.82, 2.24) is 0 Å². The van der Waals surface area contributed by atoms with Gasteiger partial charge < -0.3 is 10.0 Å². The Bertz CT molecular complexity index is 417. The summed E-state index contributed by atoms with van der Waals surface area (Å²) >= 11 is 0. The smallest absolute Gasteiger partial charge is 0.337 e. The summed E-state index contributed by atoms with van der Waals surface area (Å²) in [7, 11) is 0. The Morgan fingerprint density at radius 1 is 1.50 bits per heavy atom. The normalized spacial score (nSPS) is 24.8. The molecule has 1 N–H and O–H groups in total. The Morgan fingerprint density at radius 2 is 2.19 bits per heavy atom. The maximum atomic E-state index is 13.7. The second kappa shape index (κ2) is 3.77. The molecule has 1 saturated heterocycles. The van der Waals surface area contributed by atoms with Gasteiger partial charge in [-0.2, -0.15) is 0 Å². The number of halogens is 1. The van der Waals surface area contributed by atoms with Crippen LogP contribution in [-0.4, -0.2) is 29.8 Å². The molecule has 1 aliphatic heterocycles. The number of aromatic carboxylic acids is 1. The number of hydrogen-bond donors (Lipinski definition) is 1. The van der Waals surface area contributed by atoms with Gasteiger partial charge in [0.1, 0.15) is 5.67 Å². The number of carboxylic acids is 1. The molecule has 1 aromatic rings. The molecular weight excluding hydrogens is 209 g/mol. The van der Waals surface area contributed by atoms with E-state index in [0.29, 0.717) is 18.7 Å². The molecule has 0 radical (unpaired) electrons. The summed E-state index contributed by atoms with van der Waals surface area (Å²) in [5.41, 5.74) is -0.373. The molecule has 1 aromatic carbocycles. The average molecular weight is 223 g/mol. The summed E-state index contributed by atoms with van der Waals surface area (Å²) in [5.74, 6) is -0.969. The van der Waals surface area contributed by atoms with Crippen molar-refractivity contribution in [2.45, 2.75) is 19.0 Å². The minimum atomic E-state index is -1.22. The van der Waals surface area contributed by atoms with E-state index >= 15 is 0 Å². The molecule has 1 heterocycles. The van der Waals surface area contributed by atoms with E-state index in [9.17, 15) is 9.18 Å². The highest BCUT2D eigenvalue weighted by molar-refractivity contribution is 5.94. The number of rotatable bonds is 2. The first-order chi connectivity index (χ1) is 7.49. The third-order valence-corrected chi connectivity index (χ3v) is 2.90. The lowest BCUT2D eigenvalue weighted by atomic mass is 10.1. The molecule has 2 rings (SSSR count). The Balaban J connectivity index is 2.31. The van der Waals surface area contributed by atoms with Crippen molar-refractivity contribution < 1.29 is 14.3 Å². The molecular formula is C12H14FNO2. The van der Waals surface area contributed by atoms with Crippen molar-refractivity contribution in [1.29, 1.82) is 0 Å². The van der Waals surface area contributed by atoms with Crippen LogP contribution in [0.1, 0.15) is 23.7 Å². The fourth-order valence-electron chi connectivity index (χ4n) is 2.06. The molecule has 1 aliphatic rings. The molecule has 4 heteroatoms. The highest BCUT2D eigenvalue weighted by atomic mass is 19.1. The molecule has 0 bridgehead atoms. The van der Waals surface area contributed by atoms with Crippen LogP contribution in [0.3, 0.4) is 0 Å². The Labute approximate surface area is 93.5 Å². The van der Waals surface area contributed by atoms with Crippen molar-refractivity contribution >= 4 is 11.7 Å². The second-order valence-corrected chi connectivity index (χ2v) is 4.41. The summed E-state index contributed by atoms with van der Waals surface area (Å²) < 4.78 is 13.7. The van der Waals surface area contributed by atoms with Gasteiger partial charge in [-0.25, -0.2) is 9.18 Å². The zero-order chi connectivity index (χ0) is 11.8. The van der Waals surface area contributed by atoms with Crippen molar-refractivity contribution in [3.8, 4) is 0 Å². The number of hydrogen-bond acceptors (Lipinski definition) is 2. The van der Waals surface area contributed by atoms with Crippen LogP contribution in [-0.2, 0) is 0 Å². The molecule has 0 aromatic heterocycles. The first-order valence-corrected chi connectivity index (χ1v) is 5.26. The highest BCUT2D eigenvalue weighted by Gasteiger charge is 2.34. The van der Waals surface area contributed by atoms with E-state index in [4.69, 9.17) is 5.11 Å². The van der Waals surface area contributed by atoms with Crippen molar-refractivity contribution in [2.24, 2.45) is 0 Å². The van der Waals surface area contributed by atoms with Gasteiger partial charge >= 0.3 is 5.97 Å². The maximum Gasteiger partial charge on any atom is 0.337 e. The molecule has 86 valence electrons. The van der Waals surface area contributed by atoms with Crippen LogP contribution >= 0.6 is 0 Å². The number of benzene rings is 1. The Kier molecular flexibility index (Phi) is 2.58. The standard InChI is InChI=1S/C12H14FNO2/c1-12(13)6-7-14(8-12)10-5-3-2-4-9(10)11(15)16/h2-5H,6-8H2,1H3,(H,15,16). The monoisotopic (exact) mass is 223 g/mol. The van der Waals surface area contributed by atoms with E-state index < -0.39 is 11.6 Å². The fourth-order valence-corrected chi connectivity index (χ4v) is 2.06. The quantitative estimate of drug-likeness (QED) is 0.836. The lowest BCUT2D eigenvalue weighted by Gasteiger charge is -2.21. The van der Waals surface area contributed by atoms with Crippen molar-refractivity contribution in [2.75, 3.05) is 18.0 Å². The fraction of sp³-hybridized carbons (Fsp3) is 0.417. The van der Waals surface area contributed by atoms with E-state index in [1.165, 1.54) is 0 Å². The van der Waals surface area contributed by atoms with Gasteiger partial charge in [0.15, 0.2) is 0 Å². The molecule has 1 fully saturated rings. The van der Waals surface area contributed by atoms with Crippen LogP contribution in [0.15, 0.2) is 24.3 Å². The summed E-state index contributed by atoms with van der Waals surface area (Å²) in [6, 6.07) is 6.73. The second-order valence-electron chi connectivity index (χ2n) is 4.41. The van der Waals surface area contributed by atoms with Crippen LogP contribution in [0, 0.1) is 0 Å². The van der Waals surface area contributed by atoms with Gasteiger partial charge in [0.25, 0.3) is 0 Å². The van der Waals surface area contributed by atoms with Crippen molar-refractivity contribution in [3.63, 3.8) is 0 Å². The molecule has 0 saturated carbocycles. The highest BCUT2D eigenvalue weighted by Crippen LogP contribution is 2.31. The van der Waals surface area contributed by atoms with Gasteiger partial charge in [0.05, 0.1) is 17.8 Å². The van der Waals surface area contributed by atoms with Crippen LogP contribution < -0.4 is 4.90 Å². The van der Waals surface area contributed by atoms with E-state index in [-0.39, 0.29) is 12.1 Å². The van der Waals surface area contributed by atoms with Gasteiger partial charge in [0, 0.05) is 13.0 Å². The SMILES string of the molecule is CC1(F)CCN(c2ccccc2C(=O)O)C1. The number of alkyl halides is 1. The Morgan fingerprint density at radius 3 is 2.75 bits per heavy atom. The first-order valence-electron chi connectivity index (χ1n) is 5.26. The largest absolute Gasteiger partial charge is 0.478 e. The number of carbonyl (C=O) groups is 1. The lowest BCUT2D eigenvalue weighted by molar-refractivity contribution is 0.0697. The Hall–Kier alpha value is -1.58. The predicted molar refractivity (Wildman–Crippen MR) is 59.7 cm³/mol. The van der Waals surface area contributed by atoms with E-state index in [0.717, 1.165) is 0 Å². The zero-order valence-corrected chi connectivity index (χ0v) is 9.11. The lowest BCUT2D eigenvalue weighted by Crippen LogP contribution is -2.27. The number of carboxylic acid groups (broad SMARTS) is 1. The molecule has 0 spiro atoms. The maximum absolute atomic E-state index is 13.7. The molecule has 3 nitrogen and oxygen atoms in total. The molecule has 16 heavy (non-hydrogen) atoms. The third kappa shape index (κ3) is 2.01. The number of nitrogens with zero attached hydrogens (tertiary/aromatic N) is 1. The van der Waals surface area contributed by atoms with Crippen LogP contribution in [0.25, 0.3) is 0 Å². The molecule has 0 amide bonds. The summed E-state index contributed by atoms with van der Waals surface area (Å²) in [6.45, 7) is 2.38. The van der Waals surface area contributed by atoms with E-state index in [1.807, 2.05) is 0 Å². The predicted octanol–water partition coefficient (Wildman–Crippen LogP) is 2.32. The summed E-state index contributed by atoms with van der Waals surface area (Å²) in [5, 5.41) is 9.04. The van der Waals surface area contributed by atoms with Crippen LogP contribution in [0.4, 0.5) is 10.1 Å². The summed E-state index contributed by atoms with van der Waals surface area (Å²) in [4.78, 5) is 12.8. The molecule has 1 unspecified atom stereocenters. The first kappa shape index (κ1) is 10.9. The molecule has 0 aliphatic carbocycles. The number of anilines is 1. The zero-order valence-electron chi connectivity index (χ0n) is 9.11. The van der Waals surface area contributed by atoms with Crippen LogP contribution in [0.2, 0.25) is 0 Å². The van der Waals surface area contributed by atoms with Gasteiger partial charge in [-0.1, -0.05) is 12.1 Å². The van der Waals surface area contributed by atoms with Gasteiger partial charge in [-0.15, -0.1) is 0 Å². The topological polar surface area (TPSA) is 40.5 Å². The minimum absolute atomic E-state index is 0.236. The average Bonchev–Trinajstić information content (AvgIpc) is 2.59. The number of para-hydroxylation sites is 1. The van der Waals surface area contributed by atoms with E-state index in [1.54, 1.807) is 36.1 Å². The van der Waals surface area contributed by atoms with E-state index in [2.05, 4.69) is 0 Å².